The van der Waals surface area contributed by atoms with E-state index in [0.29, 0.717) is 22.7 Å². The number of benzene rings is 1. The molecule has 1 aliphatic heterocycles. The van der Waals surface area contributed by atoms with Crippen LogP contribution in [0.25, 0.3) is 0 Å². The molecule has 0 atom stereocenters. The standard InChI is InChI=1S/C28H37N5O4S2/c1-6-8-15-31(5)39(36,37)22-11-9-21(10-12-22)26(34)29-27-25(28(35)33-20(4)17-19(3)30-33)23-13-16-32(14-7-2)18-24(23)38-27/h9-12,17H,6-8,13-16,18H2,1-5H3,(H,29,34). The molecule has 0 spiro atoms. The fraction of sp³-hybridized carbons (Fsp3) is 0.464. The predicted molar refractivity (Wildman–Crippen MR) is 154 cm³/mol. The van der Waals surface area contributed by atoms with Gasteiger partial charge >= 0.3 is 0 Å². The van der Waals surface area contributed by atoms with Crippen LogP contribution in [0.5, 0.6) is 0 Å². The number of hydrogen-bond acceptors (Lipinski definition) is 7. The highest BCUT2D eigenvalue weighted by Gasteiger charge is 2.30. The third-order valence-corrected chi connectivity index (χ3v) is 9.97. The highest BCUT2D eigenvalue weighted by atomic mass is 32.2. The summed E-state index contributed by atoms with van der Waals surface area (Å²) in [7, 11) is -2.07. The largest absolute Gasteiger partial charge is 0.313 e. The third kappa shape index (κ3) is 6.16. The molecule has 1 amide bonds. The predicted octanol–water partition coefficient (Wildman–Crippen LogP) is 4.69. The molecule has 0 saturated heterocycles. The maximum Gasteiger partial charge on any atom is 0.281 e. The van der Waals surface area contributed by atoms with Crippen LogP contribution < -0.4 is 5.32 Å². The van der Waals surface area contributed by atoms with Gasteiger partial charge in [-0.1, -0.05) is 20.3 Å². The van der Waals surface area contributed by atoms with Crippen LogP contribution in [-0.4, -0.2) is 65.9 Å². The van der Waals surface area contributed by atoms with Gasteiger partial charge in [0.25, 0.3) is 11.8 Å². The van der Waals surface area contributed by atoms with Gasteiger partial charge in [-0.2, -0.15) is 5.10 Å². The van der Waals surface area contributed by atoms with E-state index in [2.05, 4.69) is 22.2 Å². The molecule has 2 aromatic heterocycles. The summed E-state index contributed by atoms with van der Waals surface area (Å²) in [5.41, 5.74) is 3.26. The van der Waals surface area contributed by atoms with E-state index in [9.17, 15) is 18.0 Å². The molecule has 0 fully saturated rings. The van der Waals surface area contributed by atoms with E-state index < -0.39 is 15.9 Å². The van der Waals surface area contributed by atoms with E-state index >= 15 is 0 Å². The number of rotatable bonds is 10. The van der Waals surface area contributed by atoms with Crippen LogP contribution in [-0.2, 0) is 23.0 Å². The van der Waals surface area contributed by atoms with Crippen molar-refractivity contribution in [1.29, 1.82) is 0 Å². The Balaban J connectivity index is 1.63. The van der Waals surface area contributed by atoms with Crippen molar-refractivity contribution >= 4 is 38.2 Å². The number of amides is 1. The number of aromatic nitrogens is 2. The number of aryl methyl sites for hydroxylation is 2. The number of anilines is 1. The Hall–Kier alpha value is -2.86. The van der Waals surface area contributed by atoms with E-state index in [0.717, 1.165) is 67.1 Å². The number of unbranched alkanes of at least 4 members (excludes halogenated alkanes) is 1. The molecule has 1 aromatic carbocycles. The number of hydrogen-bond donors (Lipinski definition) is 1. The average molecular weight is 572 g/mol. The SMILES string of the molecule is CCCCN(C)S(=O)(=O)c1ccc(C(=O)Nc2sc3c(c2C(=O)n2nc(C)cc2C)CCN(CCC)C3)cc1. The molecule has 0 saturated carbocycles. The van der Waals surface area contributed by atoms with Crippen molar-refractivity contribution in [3.05, 3.63) is 63.3 Å². The summed E-state index contributed by atoms with van der Waals surface area (Å²) in [6.45, 7) is 10.8. The van der Waals surface area contributed by atoms with Crippen molar-refractivity contribution in [3.63, 3.8) is 0 Å². The van der Waals surface area contributed by atoms with Crippen molar-refractivity contribution in [2.24, 2.45) is 0 Å². The first-order chi connectivity index (χ1) is 18.6. The van der Waals surface area contributed by atoms with Gasteiger partial charge in [-0.25, -0.2) is 17.4 Å². The molecule has 1 aliphatic rings. The normalized spacial score (nSPS) is 14.0. The van der Waals surface area contributed by atoms with E-state index in [4.69, 9.17) is 0 Å². The van der Waals surface area contributed by atoms with Crippen LogP contribution in [0.4, 0.5) is 5.00 Å². The molecule has 9 nitrogen and oxygen atoms in total. The zero-order chi connectivity index (χ0) is 28.3. The quantitative estimate of drug-likeness (QED) is 0.379. The second-order valence-electron chi connectivity index (χ2n) is 10.0. The topological polar surface area (TPSA) is 105 Å². The minimum atomic E-state index is -3.63. The number of sulfonamides is 1. The smallest absolute Gasteiger partial charge is 0.281 e. The fourth-order valence-electron chi connectivity index (χ4n) is 4.85. The molecule has 3 aromatic rings. The number of carbonyl (C=O) groups is 2. The molecular formula is C28H37N5O4S2. The van der Waals surface area contributed by atoms with Crippen LogP contribution in [0, 0.1) is 13.8 Å². The van der Waals surface area contributed by atoms with Crippen LogP contribution in [0.2, 0.25) is 0 Å². The first-order valence-corrected chi connectivity index (χ1v) is 15.6. The second kappa shape index (κ2) is 12.1. The van der Waals surface area contributed by atoms with Crippen LogP contribution in [0.15, 0.2) is 35.2 Å². The van der Waals surface area contributed by atoms with Crippen molar-refractivity contribution < 1.29 is 18.0 Å². The molecule has 1 N–H and O–H groups in total. The summed E-state index contributed by atoms with van der Waals surface area (Å²) in [5.74, 6) is -0.654. The molecule has 4 rings (SSSR count). The summed E-state index contributed by atoms with van der Waals surface area (Å²) in [6, 6.07) is 7.78. The Morgan fingerprint density at radius 1 is 1.13 bits per heavy atom. The highest BCUT2D eigenvalue weighted by molar-refractivity contribution is 7.89. The van der Waals surface area contributed by atoms with Gasteiger partial charge in [0.1, 0.15) is 5.00 Å². The lowest BCUT2D eigenvalue weighted by molar-refractivity contribution is 0.0942. The summed E-state index contributed by atoms with van der Waals surface area (Å²) < 4.78 is 28.4. The number of nitrogens with zero attached hydrogens (tertiary/aromatic N) is 4. The van der Waals surface area contributed by atoms with Crippen molar-refractivity contribution in [1.82, 2.24) is 19.0 Å². The van der Waals surface area contributed by atoms with Crippen molar-refractivity contribution in [2.75, 3.05) is 32.0 Å². The van der Waals surface area contributed by atoms with Crippen LogP contribution >= 0.6 is 11.3 Å². The van der Waals surface area contributed by atoms with E-state index in [1.54, 1.807) is 7.05 Å². The summed E-state index contributed by atoms with van der Waals surface area (Å²) in [6.07, 6.45) is 3.43. The van der Waals surface area contributed by atoms with E-state index in [-0.39, 0.29) is 10.8 Å². The minimum absolute atomic E-state index is 0.139. The Labute approximate surface area is 234 Å². The number of nitrogens with one attached hydrogen (secondary N) is 1. The van der Waals surface area contributed by atoms with E-state index in [1.165, 1.54) is 44.6 Å². The van der Waals surface area contributed by atoms with Crippen molar-refractivity contribution in [3.8, 4) is 0 Å². The first-order valence-electron chi connectivity index (χ1n) is 13.4. The van der Waals surface area contributed by atoms with Gasteiger partial charge in [-0.05, 0) is 75.5 Å². The minimum Gasteiger partial charge on any atom is -0.313 e. The molecule has 0 radical (unpaired) electrons. The van der Waals surface area contributed by atoms with Gasteiger partial charge in [-0.15, -0.1) is 11.3 Å². The maximum absolute atomic E-state index is 13.7. The number of carbonyl (C=O) groups excluding carboxylic acids is 2. The molecule has 0 bridgehead atoms. The lowest BCUT2D eigenvalue weighted by Crippen LogP contribution is -2.31. The highest BCUT2D eigenvalue weighted by Crippen LogP contribution is 2.38. The average Bonchev–Trinajstić information content (AvgIpc) is 3.44. The molecule has 0 unspecified atom stereocenters. The lowest BCUT2D eigenvalue weighted by Gasteiger charge is -2.26. The van der Waals surface area contributed by atoms with Gasteiger partial charge in [-0.3, -0.25) is 14.5 Å². The lowest BCUT2D eigenvalue weighted by atomic mass is 10.0. The van der Waals surface area contributed by atoms with Crippen LogP contribution in [0.3, 0.4) is 0 Å². The molecule has 210 valence electrons. The van der Waals surface area contributed by atoms with Gasteiger partial charge in [0, 0.05) is 42.8 Å². The Morgan fingerprint density at radius 3 is 2.46 bits per heavy atom. The maximum atomic E-state index is 13.7. The van der Waals surface area contributed by atoms with Gasteiger partial charge in [0.15, 0.2) is 0 Å². The zero-order valence-corrected chi connectivity index (χ0v) is 24.9. The van der Waals surface area contributed by atoms with Gasteiger partial charge < -0.3 is 5.32 Å². The Bertz CT molecular complexity index is 1460. The fourth-order valence-corrected chi connectivity index (χ4v) is 7.34. The van der Waals surface area contributed by atoms with Gasteiger partial charge in [0.2, 0.25) is 10.0 Å². The zero-order valence-electron chi connectivity index (χ0n) is 23.3. The van der Waals surface area contributed by atoms with Crippen molar-refractivity contribution in [2.45, 2.75) is 64.8 Å². The summed E-state index contributed by atoms with van der Waals surface area (Å²) in [4.78, 5) is 30.6. The number of fused-ring (bicyclic) bond motifs is 1. The molecule has 3 heterocycles. The number of thiophene rings is 1. The molecule has 11 heteroatoms. The Morgan fingerprint density at radius 2 is 1.85 bits per heavy atom. The van der Waals surface area contributed by atoms with Crippen LogP contribution in [0.1, 0.15) is 75.7 Å². The second-order valence-corrected chi connectivity index (χ2v) is 13.2. The third-order valence-electron chi connectivity index (χ3n) is 6.97. The van der Waals surface area contributed by atoms with Gasteiger partial charge in [0.05, 0.1) is 16.2 Å². The first kappa shape index (κ1) is 29.1. The summed E-state index contributed by atoms with van der Waals surface area (Å²) >= 11 is 1.43. The molecule has 39 heavy (non-hydrogen) atoms. The summed E-state index contributed by atoms with van der Waals surface area (Å²) in [5, 5.41) is 7.84. The molecular weight excluding hydrogens is 534 g/mol. The molecule has 0 aliphatic carbocycles. The Kier molecular flexibility index (Phi) is 9.05. The van der Waals surface area contributed by atoms with E-state index in [1.807, 2.05) is 26.8 Å². The monoisotopic (exact) mass is 571 g/mol.